The number of alkyl carbamates (subject to hydrolysis) is 1. The highest BCUT2D eigenvalue weighted by Gasteiger charge is 2.60. The second-order valence-electron chi connectivity index (χ2n) is 14.2. The number of hydrogen-bond acceptors (Lipinski definition) is 7. The standard InChI is InChI=1S/C34H60N4O4/c1-24(31(39)41-4)28-11-12-29-27-10-9-25-23-26(13-15-33(25,2)30(27)14-16-34(28,29)3)42-32(40)38-22-8-21-37-19-6-5-18-36-20-7-17-35/h9,24,26-30,36-37H,5-8,10-23,35H2,1-4H3,(H,38,40). The molecule has 42 heavy (non-hydrogen) atoms. The maximum absolute atomic E-state index is 12.6. The molecule has 0 aromatic heterocycles. The van der Waals surface area contributed by atoms with Crippen LogP contribution in [0.15, 0.2) is 11.6 Å². The van der Waals surface area contributed by atoms with Crippen LogP contribution in [0.2, 0.25) is 0 Å². The molecule has 1 amide bonds. The summed E-state index contributed by atoms with van der Waals surface area (Å²) < 4.78 is 11.1. The van der Waals surface area contributed by atoms with Gasteiger partial charge in [0.1, 0.15) is 6.10 Å². The summed E-state index contributed by atoms with van der Waals surface area (Å²) in [5.41, 5.74) is 7.46. The number of fused-ring (bicyclic) bond motifs is 5. The average molecular weight is 589 g/mol. The van der Waals surface area contributed by atoms with Crippen LogP contribution < -0.4 is 21.7 Å². The second kappa shape index (κ2) is 15.4. The molecule has 8 heteroatoms. The number of unbranched alkanes of at least 4 members (excludes halogenated alkanes) is 1. The summed E-state index contributed by atoms with van der Waals surface area (Å²) in [5, 5.41) is 9.84. The molecule has 0 radical (unpaired) electrons. The first-order chi connectivity index (χ1) is 20.2. The molecule has 3 fully saturated rings. The topological polar surface area (TPSA) is 115 Å². The molecule has 0 spiro atoms. The molecule has 5 N–H and O–H groups in total. The first-order valence-electron chi connectivity index (χ1n) is 17.1. The number of ether oxygens (including phenoxy) is 2. The number of amides is 1. The largest absolute Gasteiger partial charge is 0.469 e. The number of rotatable bonds is 15. The van der Waals surface area contributed by atoms with Gasteiger partial charge >= 0.3 is 12.1 Å². The quantitative estimate of drug-likeness (QED) is 0.119. The number of esters is 1. The van der Waals surface area contributed by atoms with Gasteiger partial charge in [0.25, 0.3) is 0 Å². The minimum atomic E-state index is -0.272. The summed E-state index contributed by atoms with van der Waals surface area (Å²) in [6.45, 7) is 12.4. The molecule has 4 aliphatic carbocycles. The van der Waals surface area contributed by atoms with Crippen molar-refractivity contribution in [2.45, 2.75) is 104 Å². The van der Waals surface area contributed by atoms with Crippen LogP contribution in [0.4, 0.5) is 4.79 Å². The zero-order valence-corrected chi connectivity index (χ0v) is 27.0. The number of allylic oxidation sites excluding steroid dienone is 1. The minimum Gasteiger partial charge on any atom is -0.469 e. The van der Waals surface area contributed by atoms with Crippen LogP contribution in [0, 0.1) is 40.4 Å². The van der Waals surface area contributed by atoms with Crippen molar-refractivity contribution >= 4 is 12.1 Å². The van der Waals surface area contributed by atoms with Crippen molar-refractivity contribution < 1.29 is 19.1 Å². The van der Waals surface area contributed by atoms with Crippen molar-refractivity contribution in [3.63, 3.8) is 0 Å². The van der Waals surface area contributed by atoms with Crippen molar-refractivity contribution in [2.24, 2.45) is 46.2 Å². The van der Waals surface area contributed by atoms with Gasteiger partial charge < -0.3 is 31.2 Å². The smallest absolute Gasteiger partial charge is 0.407 e. The van der Waals surface area contributed by atoms with Gasteiger partial charge in [-0.25, -0.2) is 4.79 Å². The van der Waals surface area contributed by atoms with Crippen molar-refractivity contribution in [1.82, 2.24) is 16.0 Å². The van der Waals surface area contributed by atoms with Crippen molar-refractivity contribution in [1.29, 1.82) is 0 Å². The number of hydrogen-bond donors (Lipinski definition) is 4. The maximum atomic E-state index is 12.6. The summed E-state index contributed by atoms with van der Waals surface area (Å²) in [7, 11) is 1.52. The summed E-state index contributed by atoms with van der Waals surface area (Å²) in [4.78, 5) is 25.0. The van der Waals surface area contributed by atoms with Gasteiger partial charge in [0.05, 0.1) is 13.0 Å². The van der Waals surface area contributed by atoms with Gasteiger partial charge in [-0.2, -0.15) is 0 Å². The summed E-state index contributed by atoms with van der Waals surface area (Å²) in [5.74, 6) is 2.42. The predicted molar refractivity (Wildman–Crippen MR) is 168 cm³/mol. The van der Waals surface area contributed by atoms with Crippen LogP contribution in [0.3, 0.4) is 0 Å². The Morgan fingerprint density at radius 3 is 2.38 bits per heavy atom. The van der Waals surface area contributed by atoms with Gasteiger partial charge in [-0.3, -0.25) is 4.79 Å². The average Bonchev–Trinajstić information content (AvgIpc) is 3.34. The van der Waals surface area contributed by atoms with Crippen molar-refractivity contribution in [2.75, 3.05) is 46.4 Å². The van der Waals surface area contributed by atoms with Crippen LogP contribution >= 0.6 is 0 Å². The monoisotopic (exact) mass is 588 g/mol. The van der Waals surface area contributed by atoms with Gasteiger partial charge in [0, 0.05) is 13.0 Å². The number of carbonyl (C=O) groups is 2. The highest BCUT2D eigenvalue weighted by molar-refractivity contribution is 5.72. The normalized spacial score (nSPS) is 34.4. The Morgan fingerprint density at radius 2 is 1.67 bits per heavy atom. The van der Waals surface area contributed by atoms with E-state index in [-0.39, 0.29) is 34.9 Å². The Labute approximate surface area is 255 Å². The Morgan fingerprint density at radius 1 is 0.952 bits per heavy atom. The molecular weight excluding hydrogens is 528 g/mol. The third-order valence-corrected chi connectivity index (χ3v) is 11.9. The Bertz CT molecular complexity index is 927. The first-order valence-corrected chi connectivity index (χ1v) is 17.1. The van der Waals surface area contributed by atoms with Gasteiger partial charge in [-0.1, -0.05) is 32.4 Å². The van der Waals surface area contributed by atoms with Crippen LogP contribution in [0.5, 0.6) is 0 Å². The highest BCUT2D eigenvalue weighted by atomic mass is 16.6. The number of carbonyl (C=O) groups excluding carboxylic acids is 2. The second-order valence-corrected chi connectivity index (χ2v) is 14.2. The fourth-order valence-electron chi connectivity index (χ4n) is 9.51. The van der Waals surface area contributed by atoms with E-state index in [1.165, 1.54) is 31.9 Å². The lowest BCUT2D eigenvalue weighted by Gasteiger charge is -2.58. The van der Waals surface area contributed by atoms with Gasteiger partial charge in [-0.05, 0) is 138 Å². The van der Waals surface area contributed by atoms with E-state index < -0.39 is 0 Å². The van der Waals surface area contributed by atoms with Crippen LogP contribution in [-0.2, 0) is 14.3 Å². The summed E-state index contributed by atoms with van der Waals surface area (Å²) >= 11 is 0. The lowest BCUT2D eigenvalue weighted by atomic mass is 9.47. The van der Waals surface area contributed by atoms with E-state index in [0.717, 1.165) is 90.5 Å². The zero-order valence-electron chi connectivity index (χ0n) is 27.0. The van der Waals surface area contributed by atoms with E-state index in [4.69, 9.17) is 15.2 Å². The van der Waals surface area contributed by atoms with Crippen molar-refractivity contribution in [3.05, 3.63) is 11.6 Å². The zero-order chi connectivity index (χ0) is 30.2. The SMILES string of the molecule is COC(=O)C(C)C1CCC2C3CC=C4CC(OC(=O)NCCCNCCCCNCCCN)CCC4(C)C3CCC12C. The minimum absolute atomic E-state index is 0.0219. The molecule has 8 nitrogen and oxygen atoms in total. The van der Waals surface area contributed by atoms with Crippen molar-refractivity contribution in [3.8, 4) is 0 Å². The molecule has 240 valence electrons. The fourth-order valence-corrected chi connectivity index (χ4v) is 9.51. The number of nitrogens with two attached hydrogens (primary N) is 1. The van der Waals surface area contributed by atoms with E-state index in [9.17, 15) is 9.59 Å². The predicted octanol–water partition coefficient (Wildman–Crippen LogP) is 5.17. The molecule has 0 heterocycles. The molecule has 8 unspecified atom stereocenters. The number of methoxy groups -OCH3 is 1. The van der Waals surface area contributed by atoms with E-state index in [1.807, 2.05) is 0 Å². The van der Waals surface area contributed by atoms with E-state index in [0.29, 0.717) is 30.2 Å². The van der Waals surface area contributed by atoms with E-state index in [2.05, 4.69) is 42.8 Å². The van der Waals surface area contributed by atoms with Gasteiger partial charge in [0.15, 0.2) is 0 Å². The Hall–Kier alpha value is -1.64. The number of nitrogens with one attached hydrogen (secondary N) is 3. The van der Waals surface area contributed by atoms with Crippen LogP contribution in [0.25, 0.3) is 0 Å². The molecule has 0 aliphatic heterocycles. The van der Waals surface area contributed by atoms with E-state index >= 15 is 0 Å². The van der Waals surface area contributed by atoms with Crippen LogP contribution in [0.1, 0.15) is 97.8 Å². The van der Waals surface area contributed by atoms with Gasteiger partial charge in [-0.15, -0.1) is 0 Å². The molecule has 8 atom stereocenters. The van der Waals surface area contributed by atoms with Crippen LogP contribution in [-0.4, -0.2) is 64.5 Å². The molecule has 4 aliphatic rings. The molecular formula is C34H60N4O4. The molecule has 4 rings (SSSR count). The third-order valence-electron chi connectivity index (χ3n) is 11.9. The van der Waals surface area contributed by atoms with Gasteiger partial charge in [0.2, 0.25) is 0 Å². The molecule has 0 aromatic carbocycles. The first kappa shape index (κ1) is 33.3. The summed E-state index contributed by atoms with van der Waals surface area (Å²) in [6, 6.07) is 0. The molecule has 3 saturated carbocycles. The molecule has 0 bridgehead atoms. The molecule has 0 aromatic rings. The lowest BCUT2D eigenvalue weighted by Crippen LogP contribution is -2.51. The fraction of sp³-hybridized carbons (Fsp3) is 0.882. The lowest BCUT2D eigenvalue weighted by molar-refractivity contribution is -0.149. The Kier molecular flexibility index (Phi) is 12.2. The maximum Gasteiger partial charge on any atom is 0.407 e. The molecule has 0 saturated heterocycles. The van der Waals surface area contributed by atoms with E-state index in [1.54, 1.807) is 0 Å². The Balaban J connectivity index is 1.17. The summed E-state index contributed by atoms with van der Waals surface area (Å²) in [6.07, 6.45) is 15.3. The highest BCUT2D eigenvalue weighted by Crippen LogP contribution is 2.67. The third kappa shape index (κ3) is 7.52.